The SMILES string of the molecule is NCCCC[C@H](N)C(O)(N=C=O)N=C=O. The third-order valence-corrected chi connectivity index (χ3v) is 1.89. The van der Waals surface area contributed by atoms with Crippen LogP contribution in [0.3, 0.4) is 0 Å². The van der Waals surface area contributed by atoms with Gasteiger partial charge in [-0.05, 0) is 19.4 Å². The van der Waals surface area contributed by atoms with Crippen LogP contribution in [0.5, 0.6) is 0 Å². The van der Waals surface area contributed by atoms with Crippen molar-refractivity contribution in [1.29, 1.82) is 0 Å². The van der Waals surface area contributed by atoms with Crippen molar-refractivity contribution in [3.05, 3.63) is 0 Å². The van der Waals surface area contributed by atoms with E-state index >= 15 is 0 Å². The molecule has 0 aromatic rings. The summed E-state index contributed by atoms with van der Waals surface area (Å²) in [6.45, 7) is 0.499. The monoisotopic (exact) mass is 214 g/mol. The van der Waals surface area contributed by atoms with Crippen molar-refractivity contribution >= 4 is 12.2 Å². The second-order valence-corrected chi connectivity index (χ2v) is 2.98. The molecule has 7 heteroatoms. The van der Waals surface area contributed by atoms with Crippen molar-refractivity contribution < 1.29 is 14.7 Å². The van der Waals surface area contributed by atoms with Crippen LogP contribution in [0.4, 0.5) is 0 Å². The average molecular weight is 214 g/mol. The summed E-state index contributed by atoms with van der Waals surface area (Å²) in [7, 11) is 0. The molecule has 0 aromatic heterocycles. The molecule has 0 aromatic carbocycles. The van der Waals surface area contributed by atoms with Crippen LogP contribution < -0.4 is 11.5 Å². The van der Waals surface area contributed by atoms with Gasteiger partial charge in [0.15, 0.2) is 0 Å². The zero-order valence-electron chi connectivity index (χ0n) is 8.22. The van der Waals surface area contributed by atoms with Crippen LogP contribution in [-0.2, 0) is 9.59 Å². The van der Waals surface area contributed by atoms with Gasteiger partial charge in [0.1, 0.15) is 0 Å². The third-order valence-electron chi connectivity index (χ3n) is 1.89. The smallest absolute Gasteiger partial charge is 0.291 e. The minimum atomic E-state index is -2.25. The first-order valence-electron chi connectivity index (χ1n) is 4.46. The van der Waals surface area contributed by atoms with Crippen molar-refractivity contribution in [2.24, 2.45) is 21.5 Å². The van der Waals surface area contributed by atoms with Gasteiger partial charge >= 0.3 is 0 Å². The fourth-order valence-corrected chi connectivity index (χ4v) is 1.03. The van der Waals surface area contributed by atoms with E-state index in [1.165, 1.54) is 0 Å². The van der Waals surface area contributed by atoms with Gasteiger partial charge in [0, 0.05) is 0 Å². The fraction of sp³-hybridized carbons (Fsp3) is 0.750. The van der Waals surface area contributed by atoms with Crippen molar-refractivity contribution in [3.63, 3.8) is 0 Å². The van der Waals surface area contributed by atoms with Gasteiger partial charge in [-0.2, -0.15) is 0 Å². The maximum atomic E-state index is 10.0. The topological polar surface area (TPSA) is 131 Å². The summed E-state index contributed by atoms with van der Waals surface area (Å²) >= 11 is 0. The van der Waals surface area contributed by atoms with Crippen LogP contribution in [0.2, 0.25) is 0 Å². The molecule has 84 valence electrons. The van der Waals surface area contributed by atoms with E-state index in [9.17, 15) is 14.7 Å². The van der Waals surface area contributed by atoms with E-state index in [-0.39, 0.29) is 0 Å². The molecule has 0 aliphatic rings. The molecule has 0 heterocycles. The summed E-state index contributed by atoms with van der Waals surface area (Å²) in [6.07, 6.45) is 3.92. The molecule has 0 aliphatic carbocycles. The van der Waals surface area contributed by atoms with Crippen LogP contribution in [-0.4, -0.2) is 35.7 Å². The van der Waals surface area contributed by atoms with Gasteiger partial charge < -0.3 is 16.6 Å². The lowest BCUT2D eigenvalue weighted by Gasteiger charge is -2.22. The zero-order chi connectivity index (χ0) is 11.7. The molecule has 0 aliphatic heterocycles. The maximum absolute atomic E-state index is 10.0. The van der Waals surface area contributed by atoms with E-state index in [1.807, 2.05) is 0 Å². The quantitative estimate of drug-likeness (QED) is 0.277. The van der Waals surface area contributed by atoms with E-state index in [1.54, 1.807) is 0 Å². The highest BCUT2D eigenvalue weighted by Gasteiger charge is 2.33. The molecule has 15 heavy (non-hydrogen) atoms. The zero-order valence-corrected chi connectivity index (χ0v) is 8.22. The lowest BCUT2D eigenvalue weighted by Crippen LogP contribution is -2.45. The molecule has 0 rings (SSSR count). The lowest BCUT2D eigenvalue weighted by molar-refractivity contribution is 0.0286. The summed E-state index contributed by atoms with van der Waals surface area (Å²) in [4.78, 5) is 26.0. The summed E-state index contributed by atoms with van der Waals surface area (Å²) in [5.74, 6) is -2.25. The maximum Gasteiger partial charge on any atom is 0.291 e. The summed E-state index contributed by atoms with van der Waals surface area (Å²) in [5, 5.41) is 9.56. The minimum Gasteiger partial charge on any atom is -0.349 e. The first-order valence-corrected chi connectivity index (χ1v) is 4.46. The highest BCUT2D eigenvalue weighted by atomic mass is 16.3. The predicted octanol–water partition coefficient (Wildman–Crippen LogP) is -1.24. The molecular weight excluding hydrogens is 200 g/mol. The molecule has 7 nitrogen and oxygen atoms in total. The standard InChI is InChI=1S/C8H14N4O3/c9-4-2-1-3-7(10)8(15,11-5-13)12-6-14/h7,15H,1-4,9-10H2/t7-/m0/s1. The van der Waals surface area contributed by atoms with E-state index in [0.717, 1.165) is 18.6 Å². The Balaban J connectivity index is 4.48. The number of rotatable bonds is 7. The molecule has 0 unspecified atom stereocenters. The highest BCUT2D eigenvalue weighted by molar-refractivity contribution is 5.38. The average Bonchev–Trinajstić information content (AvgIpc) is 2.18. The van der Waals surface area contributed by atoms with E-state index in [2.05, 4.69) is 9.98 Å². The molecule has 0 fully saturated rings. The molecule has 5 N–H and O–H groups in total. The first kappa shape index (κ1) is 13.6. The van der Waals surface area contributed by atoms with E-state index in [0.29, 0.717) is 19.4 Å². The van der Waals surface area contributed by atoms with Gasteiger partial charge in [0.05, 0.1) is 6.04 Å². The van der Waals surface area contributed by atoms with Gasteiger partial charge in [0.25, 0.3) is 5.85 Å². The summed E-state index contributed by atoms with van der Waals surface area (Å²) in [5.41, 5.74) is 10.8. The van der Waals surface area contributed by atoms with E-state index < -0.39 is 11.9 Å². The van der Waals surface area contributed by atoms with Crippen molar-refractivity contribution in [1.82, 2.24) is 0 Å². The van der Waals surface area contributed by atoms with Crippen molar-refractivity contribution in [3.8, 4) is 0 Å². The largest absolute Gasteiger partial charge is 0.349 e. The van der Waals surface area contributed by atoms with Gasteiger partial charge in [-0.25, -0.2) is 9.59 Å². The Morgan fingerprint density at radius 1 is 1.27 bits per heavy atom. The van der Waals surface area contributed by atoms with Gasteiger partial charge in [-0.15, -0.1) is 9.98 Å². The number of aliphatic imine (C=N–C) groups is 2. The molecule has 0 saturated heterocycles. The second-order valence-electron chi connectivity index (χ2n) is 2.98. The van der Waals surface area contributed by atoms with Crippen LogP contribution >= 0.6 is 0 Å². The number of aliphatic hydroxyl groups is 1. The number of isocyanates is 2. The van der Waals surface area contributed by atoms with Crippen LogP contribution in [0.15, 0.2) is 9.98 Å². The number of hydrogen-bond acceptors (Lipinski definition) is 7. The minimum absolute atomic E-state index is 0.337. The normalized spacial score (nSPS) is 15.7. The Bertz CT molecular complexity index is 264. The Morgan fingerprint density at radius 2 is 1.80 bits per heavy atom. The number of unbranched alkanes of at least 4 members (excludes halogenated alkanes) is 1. The number of nitrogens with two attached hydrogens (primary N) is 2. The molecule has 1 atom stereocenters. The van der Waals surface area contributed by atoms with Gasteiger partial charge in [-0.1, -0.05) is 6.42 Å². The molecular formula is C8H14N4O3. The van der Waals surface area contributed by atoms with Gasteiger partial charge in [-0.3, -0.25) is 0 Å². The summed E-state index contributed by atoms with van der Waals surface area (Å²) in [6, 6.07) is -0.952. The molecule has 0 saturated carbocycles. The molecule has 0 amide bonds. The Hall–Kier alpha value is -1.36. The Morgan fingerprint density at radius 3 is 2.20 bits per heavy atom. The second kappa shape index (κ2) is 7.00. The van der Waals surface area contributed by atoms with Crippen molar-refractivity contribution in [2.75, 3.05) is 6.54 Å². The van der Waals surface area contributed by atoms with E-state index in [4.69, 9.17) is 11.5 Å². The molecule has 0 spiro atoms. The number of carbonyl (C=O) groups excluding carboxylic acids is 2. The summed E-state index contributed by atoms with van der Waals surface area (Å²) < 4.78 is 0. The number of nitrogens with zero attached hydrogens (tertiary/aromatic N) is 2. The van der Waals surface area contributed by atoms with Gasteiger partial charge in [0.2, 0.25) is 12.2 Å². The van der Waals surface area contributed by atoms with Crippen LogP contribution in [0, 0.1) is 0 Å². The lowest BCUT2D eigenvalue weighted by atomic mass is 10.1. The fourth-order valence-electron chi connectivity index (χ4n) is 1.03. The van der Waals surface area contributed by atoms with Crippen LogP contribution in [0.25, 0.3) is 0 Å². The molecule has 0 radical (unpaired) electrons. The van der Waals surface area contributed by atoms with Crippen LogP contribution in [0.1, 0.15) is 19.3 Å². The molecule has 0 bridgehead atoms. The predicted molar refractivity (Wildman–Crippen MR) is 52.1 cm³/mol. The third kappa shape index (κ3) is 4.60. The highest BCUT2D eigenvalue weighted by Crippen LogP contribution is 2.16. The first-order chi connectivity index (χ1) is 7.10. The number of hydrogen-bond donors (Lipinski definition) is 3. The Kier molecular flexibility index (Phi) is 6.37. The Labute approximate surface area is 86.9 Å². The van der Waals surface area contributed by atoms with Crippen molar-refractivity contribution in [2.45, 2.75) is 31.2 Å².